The first-order chi connectivity index (χ1) is 6.68. The molecular weight excluding hydrogens is 219 g/mol. The van der Waals surface area contributed by atoms with Crippen molar-refractivity contribution in [3.63, 3.8) is 0 Å². The van der Waals surface area contributed by atoms with Gasteiger partial charge in [0.15, 0.2) is 0 Å². The Balaban J connectivity index is 2.58. The monoisotopic (exact) mass is 226 g/mol. The van der Waals surface area contributed by atoms with E-state index in [1.165, 1.54) is 0 Å². The van der Waals surface area contributed by atoms with Gasteiger partial charge in [-0.3, -0.25) is 5.10 Å². The number of aromatic nitrogens is 2. The molecule has 14 heavy (non-hydrogen) atoms. The Hall–Kier alpha value is -0.990. The summed E-state index contributed by atoms with van der Waals surface area (Å²) in [4.78, 5) is 0. The van der Waals surface area contributed by atoms with E-state index in [0.717, 1.165) is 16.8 Å². The van der Waals surface area contributed by atoms with E-state index >= 15 is 0 Å². The second-order valence-corrected chi connectivity index (χ2v) is 3.85. The molecule has 0 aliphatic heterocycles. The van der Waals surface area contributed by atoms with Crippen LogP contribution < -0.4 is 0 Å². The van der Waals surface area contributed by atoms with E-state index in [1.54, 1.807) is 6.07 Å². The molecule has 1 N–H and O–H groups in total. The van der Waals surface area contributed by atoms with Crippen LogP contribution in [0.3, 0.4) is 0 Å². The Kier molecular flexibility index (Phi) is 2.48. The lowest BCUT2D eigenvalue weighted by atomic mass is 10.1. The Morgan fingerprint density at radius 1 is 1.21 bits per heavy atom. The van der Waals surface area contributed by atoms with Crippen LogP contribution in [0.4, 0.5) is 0 Å². The van der Waals surface area contributed by atoms with Crippen LogP contribution in [0.5, 0.6) is 0 Å². The van der Waals surface area contributed by atoms with Gasteiger partial charge in [0, 0.05) is 27.4 Å². The molecule has 0 bridgehead atoms. The van der Waals surface area contributed by atoms with Gasteiger partial charge in [-0.25, -0.2) is 0 Å². The first-order valence-corrected chi connectivity index (χ1v) is 4.90. The molecule has 0 saturated carbocycles. The fourth-order valence-electron chi connectivity index (χ4n) is 1.34. The summed E-state index contributed by atoms with van der Waals surface area (Å²) in [6, 6.07) is 5.43. The summed E-state index contributed by atoms with van der Waals surface area (Å²) in [6.07, 6.45) is 1.82. The Labute approximate surface area is 91.9 Å². The van der Waals surface area contributed by atoms with Crippen molar-refractivity contribution in [2.45, 2.75) is 6.92 Å². The lowest BCUT2D eigenvalue weighted by Crippen LogP contribution is -1.80. The number of hydrogen-bond donors (Lipinski definition) is 1. The molecule has 0 aliphatic rings. The molecular formula is C10H8Cl2N2. The highest BCUT2D eigenvalue weighted by atomic mass is 35.5. The number of H-pyrrole nitrogens is 1. The average molecular weight is 227 g/mol. The second-order valence-electron chi connectivity index (χ2n) is 3.01. The quantitative estimate of drug-likeness (QED) is 0.790. The summed E-state index contributed by atoms with van der Waals surface area (Å²) in [5.41, 5.74) is 2.88. The van der Waals surface area contributed by atoms with Crippen molar-refractivity contribution in [1.82, 2.24) is 10.2 Å². The third kappa shape index (κ3) is 1.63. The van der Waals surface area contributed by atoms with Gasteiger partial charge in [-0.1, -0.05) is 29.3 Å². The summed E-state index contributed by atoms with van der Waals surface area (Å²) in [5, 5.41) is 8.12. The fourth-order valence-corrected chi connectivity index (χ4v) is 1.85. The smallest absolute Gasteiger partial charge is 0.0670 e. The van der Waals surface area contributed by atoms with Crippen LogP contribution in [0.2, 0.25) is 10.0 Å². The molecule has 0 atom stereocenters. The molecule has 0 amide bonds. The predicted molar refractivity (Wildman–Crippen MR) is 58.8 cm³/mol. The number of aromatic amines is 1. The summed E-state index contributed by atoms with van der Waals surface area (Å²) >= 11 is 11.9. The molecule has 2 nitrogen and oxygen atoms in total. The average Bonchev–Trinajstić information content (AvgIpc) is 2.52. The molecule has 0 unspecified atom stereocenters. The Morgan fingerprint density at radius 3 is 2.57 bits per heavy atom. The van der Waals surface area contributed by atoms with Crippen LogP contribution in [0.1, 0.15) is 5.69 Å². The normalized spacial score (nSPS) is 10.5. The molecule has 72 valence electrons. The van der Waals surface area contributed by atoms with E-state index in [2.05, 4.69) is 10.2 Å². The maximum Gasteiger partial charge on any atom is 0.0670 e. The molecule has 0 fully saturated rings. The van der Waals surface area contributed by atoms with Gasteiger partial charge in [-0.05, 0) is 19.1 Å². The number of halogens is 2. The van der Waals surface area contributed by atoms with Gasteiger partial charge in [-0.2, -0.15) is 5.10 Å². The summed E-state index contributed by atoms with van der Waals surface area (Å²) in [6.45, 7) is 1.93. The van der Waals surface area contributed by atoms with Gasteiger partial charge < -0.3 is 0 Å². The minimum absolute atomic E-state index is 0.639. The predicted octanol–water partition coefficient (Wildman–Crippen LogP) is 3.69. The van der Waals surface area contributed by atoms with Crippen molar-refractivity contribution in [2.75, 3.05) is 0 Å². The summed E-state index contributed by atoms with van der Waals surface area (Å²) < 4.78 is 0. The molecule has 2 aromatic rings. The zero-order valence-corrected chi connectivity index (χ0v) is 9.02. The van der Waals surface area contributed by atoms with Gasteiger partial charge in [-0.15, -0.1) is 0 Å². The van der Waals surface area contributed by atoms with Crippen molar-refractivity contribution in [3.05, 3.63) is 40.1 Å². The summed E-state index contributed by atoms with van der Waals surface area (Å²) in [7, 11) is 0. The van der Waals surface area contributed by atoms with Crippen LogP contribution in [0, 0.1) is 6.92 Å². The van der Waals surface area contributed by atoms with Crippen LogP contribution in [-0.2, 0) is 0 Å². The minimum Gasteiger partial charge on any atom is -0.285 e. The second kappa shape index (κ2) is 3.64. The maximum atomic E-state index is 6.07. The number of nitrogens with one attached hydrogen (secondary N) is 1. The number of rotatable bonds is 1. The molecule has 1 heterocycles. The van der Waals surface area contributed by atoms with Crippen molar-refractivity contribution >= 4 is 23.2 Å². The van der Waals surface area contributed by atoms with Crippen LogP contribution in [-0.4, -0.2) is 10.2 Å². The third-order valence-electron chi connectivity index (χ3n) is 2.05. The van der Waals surface area contributed by atoms with E-state index in [-0.39, 0.29) is 0 Å². The topological polar surface area (TPSA) is 28.7 Å². The highest BCUT2D eigenvalue weighted by molar-refractivity contribution is 6.36. The van der Waals surface area contributed by atoms with Gasteiger partial charge >= 0.3 is 0 Å². The standard InChI is InChI=1S/C10H8Cl2N2/c1-6-9(5-13-14-6)8-3-2-7(11)4-10(8)12/h2-5H,1H3,(H,13,14). The molecule has 4 heteroatoms. The SMILES string of the molecule is Cc1n[nH]cc1-c1ccc(Cl)cc1Cl. The molecule has 0 spiro atoms. The minimum atomic E-state index is 0.639. The van der Waals surface area contributed by atoms with E-state index in [1.807, 2.05) is 25.3 Å². The highest BCUT2D eigenvalue weighted by Gasteiger charge is 2.08. The van der Waals surface area contributed by atoms with Crippen molar-refractivity contribution in [1.29, 1.82) is 0 Å². The van der Waals surface area contributed by atoms with E-state index in [4.69, 9.17) is 23.2 Å². The lowest BCUT2D eigenvalue weighted by molar-refractivity contribution is 1.05. The Morgan fingerprint density at radius 2 is 2.00 bits per heavy atom. The van der Waals surface area contributed by atoms with Crippen LogP contribution in [0.15, 0.2) is 24.4 Å². The fraction of sp³-hybridized carbons (Fsp3) is 0.100. The molecule has 2 rings (SSSR count). The first kappa shape index (κ1) is 9.56. The van der Waals surface area contributed by atoms with Crippen LogP contribution >= 0.6 is 23.2 Å². The van der Waals surface area contributed by atoms with Gasteiger partial charge in [0.1, 0.15) is 0 Å². The van der Waals surface area contributed by atoms with Crippen molar-refractivity contribution in [3.8, 4) is 11.1 Å². The summed E-state index contributed by atoms with van der Waals surface area (Å²) in [5.74, 6) is 0. The van der Waals surface area contributed by atoms with Crippen LogP contribution in [0.25, 0.3) is 11.1 Å². The number of hydrogen-bond acceptors (Lipinski definition) is 1. The largest absolute Gasteiger partial charge is 0.285 e. The van der Waals surface area contributed by atoms with Crippen molar-refractivity contribution < 1.29 is 0 Å². The number of benzene rings is 1. The van der Waals surface area contributed by atoms with Gasteiger partial charge in [0.05, 0.1) is 5.69 Å². The zero-order valence-electron chi connectivity index (χ0n) is 7.51. The lowest BCUT2D eigenvalue weighted by Gasteiger charge is -2.02. The third-order valence-corrected chi connectivity index (χ3v) is 2.60. The van der Waals surface area contributed by atoms with Gasteiger partial charge in [0.2, 0.25) is 0 Å². The number of nitrogens with zero attached hydrogens (tertiary/aromatic N) is 1. The molecule has 0 aliphatic carbocycles. The molecule has 0 radical (unpaired) electrons. The maximum absolute atomic E-state index is 6.07. The number of aryl methyl sites for hydroxylation is 1. The molecule has 1 aromatic heterocycles. The molecule has 1 aromatic carbocycles. The van der Waals surface area contributed by atoms with Gasteiger partial charge in [0.25, 0.3) is 0 Å². The van der Waals surface area contributed by atoms with Crippen molar-refractivity contribution in [2.24, 2.45) is 0 Å². The first-order valence-electron chi connectivity index (χ1n) is 4.14. The van der Waals surface area contributed by atoms with E-state index < -0.39 is 0 Å². The Bertz CT molecular complexity index is 463. The molecule has 0 saturated heterocycles. The van der Waals surface area contributed by atoms with E-state index in [9.17, 15) is 0 Å². The zero-order chi connectivity index (χ0) is 10.1. The highest BCUT2D eigenvalue weighted by Crippen LogP contribution is 2.31. The van der Waals surface area contributed by atoms with E-state index in [0.29, 0.717) is 10.0 Å².